The van der Waals surface area contributed by atoms with Gasteiger partial charge in [0, 0.05) is 17.9 Å². The van der Waals surface area contributed by atoms with Crippen LogP contribution >= 0.6 is 0 Å². The number of benzene rings is 1. The third kappa shape index (κ3) is 2.26. The zero-order valence-corrected chi connectivity index (χ0v) is 11.0. The number of aryl methyl sites for hydroxylation is 2. The summed E-state index contributed by atoms with van der Waals surface area (Å²) in [4.78, 5) is 4.26. The minimum atomic E-state index is 0.697. The van der Waals surface area contributed by atoms with Gasteiger partial charge in [-0.2, -0.15) is 0 Å². The predicted molar refractivity (Wildman–Crippen MR) is 73.7 cm³/mol. The summed E-state index contributed by atoms with van der Waals surface area (Å²) < 4.78 is 2.30. The molecule has 0 atom stereocenters. The van der Waals surface area contributed by atoms with Crippen LogP contribution in [0.4, 0.5) is 5.69 Å². The molecule has 0 unspecified atom stereocenters. The van der Waals surface area contributed by atoms with E-state index >= 15 is 0 Å². The van der Waals surface area contributed by atoms with Crippen molar-refractivity contribution in [1.29, 1.82) is 0 Å². The minimum absolute atomic E-state index is 0.697. The summed E-state index contributed by atoms with van der Waals surface area (Å²) in [6, 6.07) is 7.21. The van der Waals surface area contributed by atoms with Crippen LogP contribution in [0.2, 0.25) is 0 Å². The van der Waals surface area contributed by atoms with Crippen LogP contribution in [0.5, 0.6) is 0 Å². The summed E-state index contributed by atoms with van der Waals surface area (Å²) in [6.07, 6.45) is 6.52. The van der Waals surface area contributed by atoms with E-state index in [2.05, 4.69) is 46.9 Å². The van der Waals surface area contributed by atoms with Gasteiger partial charge in [0.25, 0.3) is 0 Å². The van der Waals surface area contributed by atoms with E-state index in [-0.39, 0.29) is 0 Å². The Labute approximate surface area is 108 Å². The maximum Gasteiger partial charge on any atom is 0.0951 e. The number of rotatable bonds is 4. The summed E-state index contributed by atoms with van der Waals surface area (Å²) in [5.74, 6) is 0. The lowest BCUT2D eigenvalue weighted by Gasteiger charge is -2.12. The molecule has 1 saturated carbocycles. The zero-order valence-electron chi connectivity index (χ0n) is 11.0. The molecule has 2 aromatic rings. The number of hydrogen-bond donors (Lipinski definition) is 1. The molecule has 0 radical (unpaired) electrons. The lowest BCUT2D eigenvalue weighted by Crippen LogP contribution is -2.06. The molecular formula is C15H19N3. The molecule has 18 heavy (non-hydrogen) atoms. The number of anilines is 1. The molecule has 0 amide bonds. The Kier molecular flexibility index (Phi) is 2.82. The predicted octanol–water partition coefficient (Wildman–Crippen LogP) is 3.45. The average Bonchev–Trinajstić information content (AvgIpc) is 3.10. The standard InChI is InChI=1S/C15H19N3/c1-11-3-4-12(2)15(7-11)17-9-14-8-16-10-18(14)13-5-6-13/h3-4,7-8,10,13,17H,5-6,9H2,1-2H3. The van der Waals surface area contributed by atoms with E-state index in [1.54, 1.807) is 0 Å². The van der Waals surface area contributed by atoms with Crippen molar-refractivity contribution in [3.8, 4) is 0 Å². The van der Waals surface area contributed by atoms with E-state index in [1.807, 2.05) is 12.5 Å². The molecule has 1 aliphatic carbocycles. The van der Waals surface area contributed by atoms with E-state index in [1.165, 1.54) is 35.3 Å². The van der Waals surface area contributed by atoms with Gasteiger partial charge in [0.2, 0.25) is 0 Å². The molecule has 0 saturated heterocycles. The highest BCUT2D eigenvalue weighted by Crippen LogP contribution is 2.35. The van der Waals surface area contributed by atoms with Crippen molar-refractivity contribution in [3.05, 3.63) is 47.5 Å². The van der Waals surface area contributed by atoms with Crippen LogP contribution in [0.3, 0.4) is 0 Å². The molecule has 3 heteroatoms. The van der Waals surface area contributed by atoms with Crippen molar-refractivity contribution in [1.82, 2.24) is 9.55 Å². The molecule has 0 aliphatic heterocycles. The van der Waals surface area contributed by atoms with E-state index < -0.39 is 0 Å². The number of nitrogens with one attached hydrogen (secondary N) is 1. The van der Waals surface area contributed by atoms with Gasteiger partial charge >= 0.3 is 0 Å². The van der Waals surface area contributed by atoms with E-state index in [0.29, 0.717) is 6.04 Å². The molecule has 1 N–H and O–H groups in total. The molecule has 3 rings (SSSR count). The Hall–Kier alpha value is -1.77. The van der Waals surface area contributed by atoms with E-state index in [0.717, 1.165) is 6.54 Å². The van der Waals surface area contributed by atoms with Gasteiger partial charge in [-0.05, 0) is 43.9 Å². The first kappa shape index (κ1) is 11.3. The quantitative estimate of drug-likeness (QED) is 0.888. The van der Waals surface area contributed by atoms with Gasteiger partial charge in [-0.1, -0.05) is 12.1 Å². The SMILES string of the molecule is Cc1ccc(C)c(NCc2cncn2C2CC2)c1. The van der Waals surface area contributed by atoms with Crippen LogP contribution < -0.4 is 5.32 Å². The van der Waals surface area contributed by atoms with Gasteiger partial charge in [-0.25, -0.2) is 4.98 Å². The molecular weight excluding hydrogens is 222 g/mol. The highest BCUT2D eigenvalue weighted by molar-refractivity contribution is 5.52. The molecule has 1 aromatic heterocycles. The second kappa shape index (κ2) is 4.48. The zero-order chi connectivity index (χ0) is 12.5. The molecule has 94 valence electrons. The number of imidazole rings is 1. The fourth-order valence-corrected chi connectivity index (χ4v) is 2.26. The van der Waals surface area contributed by atoms with Crippen molar-refractivity contribution in [2.75, 3.05) is 5.32 Å². The normalized spacial score (nSPS) is 14.8. The van der Waals surface area contributed by atoms with Crippen LogP contribution in [0.25, 0.3) is 0 Å². The first-order valence-electron chi connectivity index (χ1n) is 6.56. The highest BCUT2D eigenvalue weighted by atomic mass is 15.1. The summed E-state index contributed by atoms with van der Waals surface area (Å²) >= 11 is 0. The monoisotopic (exact) mass is 241 g/mol. The van der Waals surface area contributed by atoms with Crippen LogP contribution in [-0.4, -0.2) is 9.55 Å². The fraction of sp³-hybridized carbons (Fsp3) is 0.400. The van der Waals surface area contributed by atoms with Crippen molar-refractivity contribution >= 4 is 5.69 Å². The van der Waals surface area contributed by atoms with Crippen LogP contribution in [0, 0.1) is 13.8 Å². The molecule has 0 spiro atoms. The van der Waals surface area contributed by atoms with Crippen molar-refractivity contribution in [2.24, 2.45) is 0 Å². The second-order valence-electron chi connectivity index (χ2n) is 5.20. The third-order valence-corrected chi connectivity index (χ3v) is 3.54. The Balaban J connectivity index is 1.73. The summed E-state index contributed by atoms with van der Waals surface area (Å²) in [7, 11) is 0. The number of nitrogens with zero attached hydrogens (tertiary/aromatic N) is 2. The van der Waals surface area contributed by atoms with Crippen LogP contribution in [0.15, 0.2) is 30.7 Å². The van der Waals surface area contributed by atoms with Gasteiger partial charge in [-0.3, -0.25) is 0 Å². The Morgan fingerprint density at radius 3 is 2.94 bits per heavy atom. The third-order valence-electron chi connectivity index (χ3n) is 3.54. The number of aromatic nitrogens is 2. The minimum Gasteiger partial charge on any atom is -0.379 e. The Bertz CT molecular complexity index is 553. The maximum atomic E-state index is 4.26. The molecule has 0 bridgehead atoms. The van der Waals surface area contributed by atoms with Crippen molar-refractivity contribution < 1.29 is 0 Å². The Morgan fingerprint density at radius 1 is 1.33 bits per heavy atom. The van der Waals surface area contributed by atoms with E-state index in [9.17, 15) is 0 Å². The molecule has 1 aromatic carbocycles. The molecule has 1 fully saturated rings. The molecule has 1 heterocycles. The largest absolute Gasteiger partial charge is 0.379 e. The fourth-order valence-electron chi connectivity index (χ4n) is 2.26. The highest BCUT2D eigenvalue weighted by Gasteiger charge is 2.24. The lowest BCUT2D eigenvalue weighted by molar-refractivity contribution is 0.701. The van der Waals surface area contributed by atoms with Gasteiger partial charge in [0.1, 0.15) is 0 Å². The van der Waals surface area contributed by atoms with Crippen LogP contribution in [-0.2, 0) is 6.54 Å². The summed E-state index contributed by atoms with van der Waals surface area (Å²) in [5, 5.41) is 3.52. The number of hydrogen-bond acceptors (Lipinski definition) is 2. The van der Waals surface area contributed by atoms with Gasteiger partial charge in [0.05, 0.1) is 18.6 Å². The topological polar surface area (TPSA) is 29.9 Å². The van der Waals surface area contributed by atoms with Gasteiger partial charge in [-0.15, -0.1) is 0 Å². The van der Waals surface area contributed by atoms with Gasteiger partial charge < -0.3 is 9.88 Å². The van der Waals surface area contributed by atoms with Crippen molar-refractivity contribution in [2.45, 2.75) is 39.3 Å². The average molecular weight is 241 g/mol. The first-order chi connectivity index (χ1) is 8.74. The van der Waals surface area contributed by atoms with E-state index in [4.69, 9.17) is 0 Å². The maximum absolute atomic E-state index is 4.26. The first-order valence-corrected chi connectivity index (χ1v) is 6.56. The Morgan fingerprint density at radius 2 is 2.17 bits per heavy atom. The summed E-state index contributed by atoms with van der Waals surface area (Å²) in [6.45, 7) is 5.11. The smallest absolute Gasteiger partial charge is 0.0951 e. The van der Waals surface area contributed by atoms with Crippen molar-refractivity contribution in [3.63, 3.8) is 0 Å². The lowest BCUT2D eigenvalue weighted by atomic mass is 10.1. The molecule has 1 aliphatic rings. The van der Waals surface area contributed by atoms with Gasteiger partial charge in [0.15, 0.2) is 0 Å². The summed E-state index contributed by atoms with van der Waals surface area (Å²) in [5.41, 5.74) is 5.08. The second-order valence-corrected chi connectivity index (χ2v) is 5.20. The molecule has 3 nitrogen and oxygen atoms in total. The van der Waals surface area contributed by atoms with Crippen LogP contribution in [0.1, 0.15) is 35.7 Å².